The number of carbonyl (C=O) groups excluding carboxylic acids is 1. The first-order chi connectivity index (χ1) is 13.0. The van der Waals surface area contributed by atoms with Crippen molar-refractivity contribution in [3.63, 3.8) is 0 Å². The summed E-state index contributed by atoms with van der Waals surface area (Å²) in [5, 5.41) is 11.2. The largest absolute Gasteiger partial charge is 0.493 e. The Kier molecular flexibility index (Phi) is 5.16. The molecule has 0 aliphatic carbocycles. The van der Waals surface area contributed by atoms with Crippen molar-refractivity contribution in [2.75, 3.05) is 13.7 Å². The van der Waals surface area contributed by atoms with Crippen molar-refractivity contribution in [3.05, 3.63) is 69.4 Å². The Balaban J connectivity index is 1.98. The van der Waals surface area contributed by atoms with Crippen LogP contribution in [0.15, 0.2) is 53.2 Å². The van der Waals surface area contributed by atoms with Crippen LogP contribution in [0.5, 0.6) is 11.5 Å². The molecule has 0 radical (unpaired) electrons. The quantitative estimate of drug-likeness (QED) is 0.335. The number of nitro groups is 1. The summed E-state index contributed by atoms with van der Waals surface area (Å²) >= 11 is 0. The van der Waals surface area contributed by atoms with Crippen LogP contribution in [0.25, 0.3) is 6.08 Å². The Morgan fingerprint density at radius 3 is 2.70 bits per heavy atom. The molecule has 0 atom stereocenters. The molecule has 1 heterocycles. The second kappa shape index (κ2) is 7.69. The Hall–Kier alpha value is -3.68. The van der Waals surface area contributed by atoms with Crippen LogP contribution in [0.4, 0.5) is 5.69 Å². The first kappa shape index (κ1) is 18.1. The van der Waals surface area contributed by atoms with Gasteiger partial charge in [-0.2, -0.15) is 0 Å². The summed E-state index contributed by atoms with van der Waals surface area (Å²) in [6, 6.07) is 11.4. The lowest BCUT2D eigenvalue weighted by atomic mass is 10.1. The molecule has 2 aromatic carbocycles. The number of cyclic esters (lactones) is 1. The maximum absolute atomic E-state index is 12.2. The third-order valence-electron chi connectivity index (χ3n) is 3.75. The summed E-state index contributed by atoms with van der Waals surface area (Å²) in [5.41, 5.74) is 0.817. The summed E-state index contributed by atoms with van der Waals surface area (Å²) < 4.78 is 15.7. The predicted molar refractivity (Wildman–Crippen MR) is 97.9 cm³/mol. The van der Waals surface area contributed by atoms with Crippen molar-refractivity contribution >= 4 is 23.6 Å². The van der Waals surface area contributed by atoms with Crippen molar-refractivity contribution in [2.45, 2.75) is 6.92 Å². The van der Waals surface area contributed by atoms with Gasteiger partial charge in [0.2, 0.25) is 5.90 Å². The number of aliphatic imine (C=N–C) groups is 1. The van der Waals surface area contributed by atoms with Gasteiger partial charge < -0.3 is 14.2 Å². The molecule has 2 aromatic rings. The normalized spacial score (nSPS) is 14.7. The van der Waals surface area contributed by atoms with Crippen LogP contribution in [0, 0.1) is 10.1 Å². The third kappa shape index (κ3) is 3.79. The third-order valence-corrected chi connectivity index (χ3v) is 3.75. The minimum Gasteiger partial charge on any atom is -0.493 e. The molecular formula is C19H16N2O6. The number of rotatable bonds is 6. The predicted octanol–water partition coefficient (Wildman–Crippen LogP) is 3.35. The second-order valence-electron chi connectivity index (χ2n) is 5.45. The van der Waals surface area contributed by atoms with E-state index in [9.17, 15) is 14.9 Å². The van der Waals surface area contributed by atoms with Gasteiger partial charge in [-0.3, -0.25) is 10.1 Å². The molecule has 0 bridgehead atoms. The highest BCUT2D eigenvalue weighted by Gasteiger charge is 2.27. The summed E-state index contributed by atoms with van der Waals surface area (Å²) in [7, 11) is 1.34. The molecule has 3 rings (SSSR count). The number of ether oxygens (including phenoxy) is 3. The summed E-state index contributed by atoms with van der Waals surface area (Å²) in [6.07, 6.45) is 1.55. The van der Waals surface area contributed by atoms with Crippen molar-refractivity contribution in [1.29, 1.82) is 0 Å². The molecule has 8 nitrogen and oxygen atoms in total. The van der Waals surface area contributed by atoms with E-state index >= 15 is 0 Å². The Morgan fingerprint density at radius 2 is 2.00 bits per heavy atom. The summed E-state index contributed by atoms with van der Waals surface area (Å²) in [6.45, 7) is 2.34. The molecule has 1 aliphatic heterocycles. The van der Waals surface area contributed by atoms with Crippen LogP contribution in [0.2, 0.25) is 0 Å². The molecular weight excluding hydrogens is 352 g/mol. The molecule has 0 N–H and O–H groups in total. The number of esters is 1. The average molecular weight is 368 g/mol. The first-order valence-electron chi connectivity index (χ1n) is 8.10. The van der Waals surface area contributed by atoms with E-state index in [0.717, 1.165) is 0 Å². The van der Waals surface area contributed by atoms with Gasteiger partial charge in [0.1, 0.15) is 5.75 Å². The van der Waals surface area contributed by atoms with Gasteiger partial charge in [-0.15, -0.1) is 0 Å². The number of carbonyl (C=O) groups is 1. The number of hydrogen-bond acceptors (Lipinski definition) is 7. The van der Waals surface area contributed by atoms with Gasteiger partial charge in [0.25, 0.3) is 0 Å². The molecule has 138 valence electrons. The van der Waals surface area contributed by atoms with E-state index in [4.69, 9.17) is 14.2 Å². The lowest BCUT2D eigenvalue weighted by Crippen LogP contribution is -2.06. The van der Waals surface area contributed by atoms with Gasteiger partial charge in [0, 0.05) is 17.2 Å². The molecule has 0 aromatic heterocycles. The molecule has 0 saturated carbocycles. The monoisotopic (exact) mass is 368 g/mol. The zero-order valence-electron chi connectivity index (χ0n) is 14.7. The number of hydrogen-bond donors (Lipinski definition) is 0. The van der Waals surface area contributed by atoms with E-state index in [1.807, 2.05) is 19.1 Å². The van der Waals surface area contributed by atoms with E-state index in [1.54, 1.807) is 18.2 Å². The number of nitrogens with zero attached hydrogens (tertiary/aromatic N) is 2. The zero-order valence-corrected chi connectivity index (χ0v) is 14.7. The van der Waals surface area contributed by atoms with Crippen LogP contribution < -0.4 is 9.47 Å². The van der Waals surface area contributed by atoms with E-state index in [2.05, 4.69) is 4.99 Å². The first-order valence-corrected chi connectivity index (χ1v) is 8.10. The van der Waals surface area contributed by atoms with Crippen LogP contribution in [0.1, 0.15) is 18.1 Å². The number of nitro benzene ring substituents is 1. The molecule has 0 saturated heterocycles. The molecule has 27 heavy (non-hydrogen) atoms. The van der Waals surface area contributed by atoms with Crippen LogP contribution in [-0.2, 0) is 9.53 Å². The fourth-order valence-electron chi connectivity index (χ4n) is 2.53. The summed E-state index contributed by atoms with van der Waals surface area (Å²) in [5.74, 6) is 0.0692. The molecule has 1 aliphatic rings. The topological polar surface area (TPSA) is 100 Å². The van der Waals surface area contributed by atoms with E-state index < -0.39 is 10.9 Å². The SMILES string of the molecule is CCOc1ccccc1C=C1N=C(c2ccc(OC)c([N+](=O)[O-])c2)OC1=O. The van der Waals surface area contributed by atoms with E-state index in [1.165, 1.54) is 25.3 Å². The number of benzene rings is 2. The van der Waals surface area contributed by atoms with Gasteiger partial charge in [0.05, 0.1) is 18.6 Å². The maximum Gasteiger partial charge on any atom is 0.363 e. The maximum atomic E-state index is 12.2. The lowest BCUT2D eigenvalue weighted by molar-refractivity contribution is -0.385. The van der Waals surface area contributed by atoms with E-state index in [0.29, 0.717) is 23.5 Å². The smallest absolute Gasteiger partial charge is 0.363 e. The molecule has 0 unspecified atom stereocenters. The second-order valence-corrected chi connectivity index (χ2v) is 5.45. The Labute approximate surface area is 154 Å². The Bertz CT molecular complexity index is 964. The molecule has 0 spiro atoms. The van der Waals surface area contributed by atoms with Gasteiger partial charge in [-0.05, 0) is 31.2 Å². The van der Waals surface area contributed by atoms with Crippen molar-refractivity contribution in [1.82, 2.24) is 0 Å². The van der Waals surface area contributed by atoms with Crippen LogP contribution in [-0.4, -0.2) is 30.5 Å². The highest BCUT2D eigenvalue weighted by atomic mass is 16.6. The van der Waals surface area contributed by atoms with Crippen molar-refractivity contribution < 1.29 is 23.9 Å². The highest BCUT2D eigenvalue weighted by Crippen LogP contribution is 2.30. The number of methoxy groups -OCH3 is 1. The molecule has 8 heteroatoms. The Morgan fingerprint density at radius 1 is 1.22 bits per heavy atom. The highest BCUT2D eigenvalue weighted by molar-refractivity contribution is 6.13. The van der Waals surface area contributed by atoms with Crippen LogP contribution in [0.3, 0.4) is 0 Å². The molecule has 0 fully saturated rings. The standard InChI is InChI=1S/C19H16N2O6/c1-3-26-16-7-5-4-6-12(16)10-14-19(22)27-18(20-14)13-8-9-17(25-2)15(11-13)21(23)24/h4-11H,3H2,1-2H3. The summed E-state index contributed by atoms with van der Waals surface area (Å²) in [4.78, 5) is 26.9. The lowest BCUT2D eigenvalue weighted by Gasteiger charge is -2.06. The molecule has 0 amide bonds. The van der Waals surface area contributed by atoms with Gasteiger partial charge in [-0.1, -0.05) is 18.2 Å². The number of para-hydroxylation sites is 1. The van der Waals surface area contributed by atoms with Gasteiger partial charge in [0.15, 0.2) is 11.4 Å². The van der Waals surface area contributed by atoms with Crippen molar-refractivity contribution in [2.24, 2.45) is 4.99 Å². The van der Waals surface area contributed by atoms with Gasteiger partial charge in [-0.25, -0.2) is 9.79 Å². The fraction of sp³-hybridized carbons (Fsp3) is 0.158. The minimum atomic E-state index is -0.644. The fourth-order valence-corrected chi connectivity index (χ4v) is 2.53. The van der Waals surface area contributed by atoms with Crippen LogP contribution >= 0.6 is 0 Å². The van der Waals surface area contributed by atoms with E-state index in [-0.39, 0.29) is 23.0 Å². The van der Waals surface area contributed by atoms with Crippen molar-refractivity contribution in [3.8, 4) is 11.5 Å². The zero-order chi connectivity index (χ0) is 19.4. The average Bonchev–Trinajstić information content (AvgIpc) is 3.03. The van der Waals surface area contributed by atoms with Gasteiger partial charge >= 0.3 is 11.7 Å². The minimum absolute atomic E-state index is 0.00843.